The van der Waals surface area contributed by atoms with Crippen molar-refractivity contribution in [1.82, 2.24) is 20.0 Å². The van der Waals surface area contributed by atoms with Gasteiger partial charge in [0.25, 0.3) is 5.89 Å². The largest absolute Gasteiger partial charge is 0.454 e. The minimum Gasteiger partial charge on any atom is -0.454 e. The van der Waals surface area contributed by atoms with Crippen LogP contribution in [0.3, 0.4) is 0 Å². The summed E-state index contributed by atoms with van der Waals surface area (Å²) in [7, 11) is 1.81. The van der Waals surface area contributed by atoms with Crippen molar-refractivity contribution in [2.45, 2.75) is 19.8 Å². The lowest BCUT2D eigenvalue weighted by Crippen LogP contribution is -2.12. The predicted octanol–water partition coefficient (Wildman–Crippen LogP) is 2.08. The van der Waals surface area contributed by atoms with Crippen molar-refractivity contribution in [1.29, 1.82) is 0 Å². The zero-order valence-electron chi connectivity index (χ0n) is 14.4. The van der Waals surface area contributed by atoms with Crippen LogP contribution in [0.25, 0.3) is 11.6 Å². The fourth-order valence-corrected chi connectivity index (χ4v) is 2.69. The average molecular weight is 355 g/mol. The number of hydrogen-bond donors (Lipinski definition) is 1. The molecule has 0 spiro atoms. The highest BCUT2D eigenvalue weighted by Crippen LogP contribution is 2.34. The molecule has 0 saturated carbocycles. The summed E-state index contributed by atoms with van der Waals surface area (Å²) in [5.74, 6) is 1.93. The van der Waals surface area contributed by atoms with Gasteiger partial charge in [-0.15, -0.1) is 10.2 Å². The normalized spacial score (nSPS) is 12.4. The number of benzene rings is 1. The molecule has 0 radical (unpaired) electrons. The van der Waals surface area contributed by atoms with Crippen molar-refractivity contribution in [2.24, 2.45) is 7.05 Å². The van der Waals surface area contributed by atoms with Gasteiger partial charge < -0.3 is 19.2 Å². The van der Waals surface area contributed by atoms with Gasteiger partial charge in [0, 0.05) is 31.6 Å². The molecule has 3 aromatic rings. The minimum absolute atomic E-state index is 0.153. The van der Waals surface area contributed by atoms with Gasteiger partial charge in [0.15, 0.2) is 11.5 Å². The number of aryl methyl sites for hydroxylation is 3. The first-order valence-electron chi connectivity index (χ1n) is 8.11. The van der Waals surface area contributed by atoms with Crippen molar-refractivity contribution >= 4 is 11.6 Å². The number of fused-ring (bicyclic) bond motifs is 1. The van der Waals surface area contributed by atoms with Gasteiger partial charge in [-0.1, -0.05) is 0 Å². The van der Waals surface area contributed by atoms with Crippen molar-refractivity contribution in [3.63, 3.8) is 0 Å². The van der Waals surface area contributed by atoms with Gasteiger partial charge in [-0.25, -0.2) is 0 Å². The van der Waals surface area contributed by atoms with Crippen molar-refractivity contribution in [2.75, 3.05) is 12.1 Å². The molecule has 1 aromatic carbocycles. The Bertz CT molecular complexity index is 962. The number of anilines is 1. The van der Waals surface area contributed by atoms with E-state index in [4.69, 9.17) is 13.9 Å². The van der Waals surface area contributed by atoms with E-state index in [0.29, 0.717) is 35.4 Å². The van der Waals surface area contributed by atoms with E-state index >= 15 is 0 Å². The van der Waals surface area contributed by atoms with Crippen LogP contribution < -0.4 is 14.8 Å². The number of hydrogen-bond acceptors (Lipinski definition) is 7. The molecule has 26 heavy (non-hydrogen) atoms. The second-order valence-electron chi connectivity index (χ2n) is 5.91. The maximum absolute atomic E-state index is 12.1. The number of nitrogens with zero attached hydrogens (tertiary/aromatic N) is 4. The number of carbonyl (C=O) groups is 1. The van der Waals surface area contributed by atoms with Gasteiger partial charge in [-0.3, -0.25) is 9.48 Å². The van der Waals surface area contributed by atoms with Crippen LogP contribution in [-0.2, 0) is 18.3 Å². The molecule has 0 saturated heterocycles. The molecule has 134 valence electrons. The Labute approximate surface area is 148 Å². The summed E-state index contributed by atoms with van der Waals surface area (Å²) in [6.45, 7) is 2.09. The van der Waals surface area contributed by atoms with Crippen molar-refractivity contribution < 1.29 is 18.7 Å². The minimum atomic E-state index is -0.153. The van der Waals surface area contributed by atoms with E-state index in [1.165, 1.54) is 0 Å². The quantitative estimate of drug-likeness (QED) is 0.747. The van der Waals surface area contributed by atoms with Crippen LogP contribution in [0.15, 0.2) is 28.7 Å². The average Bonchev–Trinajstić information content (AvgIpc) is 3.32. The highest BCUT2D eigenvalue weighted by molar-refractivity contribution is 5.91. The zero-order chi connectivity index (χ0) is 18.1. The monoisotopic (exact) mass is 355 g/mol. The smallest absolute Gasteiger partial charge is 0.265 e. The molecule has 9 nitrogen and oxygen atoms in total. The maximum Gasteiger partial charge on any atom is 0.265 e. The highest BCUT2D eigenvalue weighted by atomic mass is 16.7. The molecule has 1 aliphatic heterocycles. The Morgan fingerprint density at radius 2 is 2.08 bits per heavy atom. The molecule has 1 aliphatic rings. The summed E-state index contributed by atoms with van der Waals surface area (Å²) >= 11 is 0. The number of carbonyl (C=O) groups excluding carboxylic acids is 1. The SMILES string of the molecule is Cc1cc(-c2nnc(CCC(=O)Nc3ccc4c(c3)OCO4)o2)n(C)n1. The summed E-state index contributed by atoms with van der Waals surface area (Å²) in [5, 5.41) is 15.1. The van der Waals surface area contributed by atoms with Crippen LogP contribution in [0.1, 0.15) is 18.0 Å². The topological polar surface area (TPSA) is 104 Å². The van der Waals surface area contributed by atoms with Gasteiger partial charge in [0.1, 0.15) is 5.69 Å². The van der Waals surface area contributed by atoms with Gasteiger partial charge in [0.05, 0.1) is 5.69 Å². The van der Waals surface area contributed by atoms with Crippen LogP contribution in [0, 0.1) is 6.92 Å². The summed E-state index contributed by atoms with van der Waals surface area (Å²) in [6.07, 6.45) is 0.570. The lowest BCUT2D eigenvalue weighted by molar-refractivity contribution is -0.116. The Hall–Kier alpha value is -3.36. The van der Waals surface area contributed by atoms with E-state index in [1.807, 2.05) is 20.0 Å². The molecule has 2 aromatic heterocycles. The van der Waals surface area contributed by atoms with Crippen LogP contribution in [0.5, 0.6) is 11.5 Å². The Balaban J connectivity index is 1.35. The maximum atomic E-state index is 12.1. The predicted molar refractivity (Wildman–Crippen MR) is 90.8 cm³/mol. The lowest BCUT2D eigenvalue weighted by atomic mass is 10.2. The van der Waals surface area contributed by atoms with E-state index in [0.717, 1.165) is 11.4 Å². The Kier molecular flexibility index (Phi) is 4.04. The highest BCUT2D eigenvalue weighted by Gasteiger charge is 2.16. The molecular formula is C17H17N5O4. The molecule has 9 heteroatoms. The molecule has 0 bridgehead atoms. The van der Waals surface area contributed by atoms with Gasteiger partial charge in [0.2, 0.25) is 18.6 Å². The first kappa shape index (κ1) is 16.1. The first-order valence-corrected chi connectivity index (χ1v) is 8.11. The van der Waals surface area contributed by atoms with Crippen LogP contribution in [-0.4, -0.2) is 32.7 Å². The van der Waals surface area contributed by atoms with E-state index in [1.54, 1.807) is 22.9 Å². The fourth-order valence-electron chi connectivity index (χ4n) is 2.69. The molecular weight excluding hydrogens is 338 g/mol. The second-order valence-corrected chi connectivity index (χ2v) is 5.91. The summed E-state index contributed by atoms with van der Waals surface area (Å²) in [4.78, 5) is 12.1. The fraction of sp³-hybridized carbons (Fsp3) is 0.294. The van der Waals surface area contributed by atoms with Crippen LogP contribution in [0.4, 0.5) is 5.69 Å². The number of nitrogens with one attached hydrogen (secondary N) is 1. The van der Waals surface area contributed by atoms with Crippen molar-refractivity contribution in [3.8, 4) is 23.1 Å². The second kappa shape index (κ2) is 6.51. The molecule has 1 N–H and O–H groups in total. The third-order valence-electron chi connectivity index (χ3n) is 3.91. The molecule has 4 rings (SSSR count). The van der Waals surface area contributed by atoms with Gasteiger partial charge in [-0.05, 0) is 25.1 Å². The van der Waals surface area contributed by atoms with E-state index in [9.17, 15) is 4.79 Å². The molecule has 0 fully saturated rings. The number of ether oxygens (including phenoxy) is 2. The van der Waals surface area contributed by atoms with Crippen molar-refractivity contribution in [3.05, 3.63) is 35.9 Å². The molecule has 3 heterocycles. The third-order valence-corrected chi connectivity index (χ3v) is 3.91. The summed E-state index contributed by atoms with van der Waals surface area (Å²) in [5.41, 5.74) is 2.26. The van der Waals surface area contributed by atoms with Gasteiger partial charge >= 0.3 is 0 Å². The summed E-state index contributed by atoms with van der Waals surface area (Å²) in [6, 6.07) is 7.12. The molecule has 1 amide bonds. The Morgan fingerprint density at radius 3 is 2.88 bits per heavy atom. The van der Waals surface area contributed by atoms with Gasteiger partial charge in [-0.2, -0.15) is 5.10 Å². The van der Waals surface area contributed by atoms with E-state index in [2.05, 4.69) is 20.6 Å². The van der Waals surface area contributed by atoms with E-state index in [-0.39, 0.29) is 19.1 Å². The summed E-state index contributed by atoms with van der Waals surface area (Å²) < 4.78 is 17.8. The van der Waals surface area contributed by atoms with Crippen LogP contribution >= 0.6 is 0 Å². The molecule has 0 atom stereocenters. The third kappa shape index (κ3) is 3.23. The Morgan fingerprint density at radius 1 is 1.23 bits per heavy atom. The molecule has 0 unspecified atom stereocenters. The number of amides is 1. The molecule has 0 aliphatic carbocycles. The number of rotatable bonds is 5. The zero-order valence-corrected chi connectivity index (χ0v) is 14.4. The first-order chi connectivity index (χ1) is 12.6. The standard InChI is InChI=1S/C17H17N5O4/c1-10-7-12(22(2)21-10)17-20-19-16(26-17)6-5-15(23)18-11-3-4-13-14(8-11)25-9-24-13/h3-4,7-8H,5-6,9H2,1-2H3,(H,18,23). The van der Waals surface area contributed by atoms with Crippen LogP contribution in [0.2, 0.25) is 0 Å². The number of aromatic nitrogens is 4. The van der Waals surface area contributed by atoms with E-state index < -0.39 is 0 Å². The lowest BCUT2D eigenvalue weighted by Gasteiger charge is -2.05.